The average Bonchev–Trinajstić information content (AvgIpc) is 2.55. The first-order chi connectivity index (χ1) is 10.7. The van der Waals surface area contributed by atoms with Gasteiger partial charge in [-0.1, -0.05) is 43.3 Å². The Kier molecular flexibility index (Phi) is 8.61. The van der Waals surface area contributed by atoms with Crippen LogP contribution in [0.5, 0.6) is 5.75 Å². The maximum absolute atomic E-state index is 6.08. The Balaban J connectivity index is 0.000000745. The van der Waals surface area contributed by atoms with Gasteiger partial charge in [0.25, 0.3) is 0 Å². The summed E-state index contributed by atoms with van der Waals surface area (Å²) in [4.78, 5) is 4.15. The first-order valence-electron chi connectivity index (χ1n) is 7.62. The number of ether oxygens (including phenoxy) is 1. The standard InChI is InChI=1S/C16H20N2O.C3H6/c1-2-13-9-16(11-18-10-13)19-12-15(17)8-14-6-4-3-5-7-14;1-3-2/h3-7,9-11,15H,2,8,12,17H2,1H3;3H,1H2,2H3. The minimum Gasteiger partial charge on any atom is -0.490 e. The maximum atomic E-state index is 6.08. The minimum atomic E-state index is -0.00678. The second-order valence-corrected chi connectivity index (χ2v) is 5.05. The molecule has 1 heterocycles. The maximum Gasteiger partial charge on any atom is 0.137 e. The number of pyridine rings is 1. The Morgan fingerprint density at radius 3 is 2.55 bits per heavy atom. The summed E-state index contributed by atoms with van der Waals surface area (Å²) in [6.07, 6.45) is 7.12. The van der Waals surface area contributed by atoms with Gasteiger partial charge in [0.15, 0.2) is 0 Å². The molecule has 0 amide bonds. The van der Waals surface area contributed by atoms with Crippen LogP contribution in [0, 0.1) is 0 Å². The minimum absolute atomic E-state index is 0.00678. The molecule has 3 nitrogen and oxygen atoms in total. The number of allylic oxidation sites excluding steroid dienone is 1. The van der Waals surface area contributed by atoms with E-state index in [9.17, 15) is 0 Å². The molecule has 0 saturated heterocycles. The molecule has 0 bridgehead atoms. The summed E-state index contributed by atoms with van der Waals surface area (Å²) in [6, 6.07) is 12.2. The van der Waals surface area contributed by atoms with Crippen LogP contribution in [0.3, 0.4) is 0 Å². The number of rotatable bonds is 6. The summed E-state index contributed by atoms with van der Waals surface area (Å²) in [5.74, 6) is 0.794. The van der Waals surface area contributed by atoms with Crippen molar-refractivity contribution in [2.24, 2.45) is 5.73 Å². The van der Waals surface area contributed by atoms with Gasteiger partial charge in [-0.25, -0.2) is 0 Å². The zero-order valence-corrected chi connectivity index (χ0v) is 13.5. The van der Waals surface area contributed by atoms with E-state index in [-0.39, 0.29) is 6.04 Å². The van der Waals surface area contributed by atoms with Crippen LogP contribution in [-0.2, 0) is 12.8 Å². The van der Waals surface area contributed by atoms with E-state index in [0.717, 1.165) is 18.6 Å². The van der Waals surface area contributed by atoms with Crippen molar-refractivity contribution in [1.29, 1.82) is 0 Å². The molecule has 0 saturated carbocycles. The van der Waals surface area contributed by atoms with Gasteiger partial charge in [-0.05, 0) is 37.0 Å². The van der Waals surface area contributed by atoms with Gasteiger partial charge in [-0.3, -0.25) is 4.98 Å². The monoisotopic (exact) mass is 298 g/mol. The highest BCUT2D eigenvalue weighted by molar-refractivity contribution is 5.23. The van der Waals surface area contributed by atoms with Gasteiger partial charge in [0, 0.05) is 12.2 Å². The lowest BCUT2D eigenvalue weighted by Gasteiger charge is -2.13. The van der Waals surface area contributed by atoms with Gasteiger partial charge in [0.05, 0.1) is 6.20 Å². The fourth-order valence-corrected chi connectivity index (χ4v) is 1.92. The fourth-order valence-electron chi connectivity index (χ4n) is 1.92. The number of hydrogen-bond donors (Lipinski definition) is 1. The van der Waals surface area contributed by atoms with E-state index in [1.165, 1.54) is 11.1 Å². The van der Waals surface area contributed by atoms with E-state index in [1.807, 2.05) is 37.4 Å². The van der Waals surface area contributed by atoms with E-state index in [0.29, 0.717) is 6.61 Å². The van der Waals surface area contributed by atoms with Crippen LogP contribution in [0.1, 0.15) is 25.0 Å². The van der Waals surface area contributed by atoms with Gasteiger partial charge in [0.2, 0.25) is 0 Å². The molecule has 3 heteroatoms. The molecule has 0 aliphatic heterocycles. The molecular weight excluding hydrogens is 272 g/mol. The number of benzene rings is 1. The largest absolute Gasteiger partial charge is 0.490 e. The van der Waals surface area contributed by atoms with Crippen molar-refractivity contribution in [2.75, 3.05) is 6.61 Å². The van der Waals surface area contributed by atoms with Crippen LogP contribution in [0.25, 0.3) is 0 Å². The van der Waals surface area contributed by atoms with Crippen LogP contribution in [0.4, 0.5) is 0 Å². The Bertz CT molecular complexity index is 540. The first-order valence-corrected chi connectivity index (χ1v) is 7.62. The smallest absolute Gasteiger partial charge is 0.137 e. The molecule has 22 heavy (non-hydrogen) atoms. The number of nitrogens with two attached hydrogens (primary N) is 1. The van der Waals surface area contributed by atoms with Crippen LogP contribution in [-0.4, -0.2) is 17.6 Å². The zero-order chi connectivity index (χ0) is 16.2. The van der Waals surface area contributed by atoms with Crippen LogP contribution in [0.15, 0.2) is 61.4 Å². The normalized spacial score (nSPS) is 11.0. The van der Waals surface area contributed by atoms with E-state index >= 15 is 0 Å². The molecule has 0 aliphatic rings. The van der Waals surface area contributed by atoms with Crippen molar-refractivity contribution in [3.63, 3.8) is 0 Å². The summed E-state index contributed by atoms with van der Waals surface area (Å²) < 4.78 is 5.69. The highest BCUT2D eigenvalue weighted by Crippen LogP contribution is 2.12. The van der Waals surface area contributed by atoms with Crippen LogP contribution < -0.4 is 10.5 Å². The quantitative estimate of drug-likeness (QED) is 0.826. The Morgan fingerprint density at radius 1 is 1.23 bits per heavy atom. The van der Waals surface area contributed by atoms with E-state index in [1.54, 1.807) is 12.3 Å². The second kappa shape index (κ2) is 10.6. The Hall–Kier alpha value is -2.13. The molecule has 1 unspecified atom stereocenters. The summed E-state index contributed by atoms with van der Waals surface area (Å²) in [7, 11) is 0. The molecule has 2 rings (SSSR count). The molecule has 0 aliphatic carbocycles. The van der Waals surface area contributed by atoms with Crippen molar-refractivity contribution < 1.29 is 4.74 Å². The molecular formula is C19H26N2O. The highest BCUT2D eigenvalue weighted by atomic mass is 16.5. The summed E-state index contributed by atoms with van der Waals surface area (Å²) >= 11 is 0. The topological polar surface area (TPSA) is 48.1 Å². The number of aryl methyl sites for hydroxylation is 1. The van der Waals surface area contributed by atoms with Crippen molar-refractivity contribution >= 4 is 0 Å². The summed E-state index contributed by atoms with van der Waals surface area (Å²) in [5.41, 5.74) is 8.49. The van der Waals surface area contributed by atoms with E-state index < -0.39 is 0 Å². The van der Waals surface area contributed by atoms with Crippen molar-refractivity contribution in [1.82, 2.24) is 4.98 Å². The molecule has 1 aromatic carbocycles. The number of hydrogen-bond acceptors (Lipinski definition) is 3. The van der Waals surface area contributed by atoms with Gasteiger partial charge in [-0.15, -0.1) is 6.58 Å². The van der Waals surface area contributed by atoms with E-state index in [2.05, 4.69) is 30.6 Å². The average molecular weight is 298 g/mol. The first kappa shape index (κ1) is 17.9. The fraction of sp³-hybridized carbons (Fsp3) is 0.316. The number of aromatic nitrogens is 1. The molecule has 118 valence electrons. The summed E-state index contributed by atoms with van der Waals surface area (Å²) in [5, 5.41) is 0. The molecule has 2 N–H and O–H groups in total. The lowest BCUT2D eigenvalue weighted by atomic mass is 10.1. The molecule has 1 aromatic heterocycles. The molecule has 1 atom stereocenters. The molecule has 2 aromatic rings. The number of nitrogens with zero attached hydrogens (tertiary/aromatic N) is 1. The Morgan fingerprint density at radius 2 is 1.91 bits per heavy atom. The SMILES string of the molecule is C=CC.CCc1cncc(OCC(N)Cc2ccccc2)c1. The van der Waals surface area contributed by atoms with Gasteiger partial charge < -0.3 is 10.5 Å². The van der Waals surface area contributed by atoms with Crippen LogP contribution >= 0.6 is 0 Å². The predicted octanol–water partition coefficient (Wildman–Crippen LogP) is 3.79. The van der Waals surface area contributed by atoms with Crippen molar-refractivity contribution in [2.45, 2.75) is 32.7 Å². The Labute approximate surface area is 133 Å². The second-order valence-electron chi connectivity index (χ2n) is 5.05. The summed E-state index contributed by atoms with van der Waals surface area (Å²) in [6.45, 7) is 7.85. The third kappa shape index (κ3) is 7.04. The lowest BCUT2D eigenvalue weighted by molar-refractivity contribution is 0.286. The molecule has 0 fully saturated rings. The highest BCUT2D eigenvalue weighted by Gasteiger charge is 2.05. The van der Waals surface area contributed by atoms with Crippen molar-refractivity contribution in [3.8, 4) is 5.75 Å². The van der Waals surface area contributed by atoms with Gasteiger partial charge in [-0.2, -0.15) is 0 Å². The third-order valence-electron chi connectivity index (χ3n) is 2.98. The zero-order valence-electron chi connectivity index (χ0n) is 13.5. The lowest BCUT2D eigenvalue weighted by Crippen LogP contribution is -2.30. The molecule has 0 radical (unpaired) electrons. The van der Waals surface area contributed by atoms with E-state index in [4.69, 9.17) is 10.5 Å². The third-order valence-corrected chi connectivity index (χ3v) is 2.98. The van der Waals surface area contributed by atoms with Crippen LogP contribution in [0.2, 0.25) is 0 Å². The van der Waals surface area contributed by atoms with Crippen molar-refractivity contribution in [3.05, 3.63) is 72.6 Å². The van der Waals surface area contributed by atoms with Gasteiger partial charge in [0.1, 0.15) is 12.4 Å². The molecule has 0 spiro atoms. The van der Waals surface area contributed by atoms with Gasteiger partial charge >= 0.3 is 0 Å². The predicted molar refractivity (Wildman–Crippen MR) is 93.1 cm³/mol.